The van der Waals surface area contributed by atoms with Crippen LogP contribution in [0.2, 0.25) is 0 Å². The maximum atomic E-state index is 12.8. The van der Waals surface area contributed by atoms with Gasteiger partial charge in [0.1, 0.15) is 0 Å². The van der Waals surface area contributed by atoms with E-state index in [2.05, 4.69) is 10.4 Å². The number of para-hydroxylation sites is 1. The molecule has 2 heterocycles. The Kier molecular flexibility index (Phi) is 4.57. The molecule has 0 radical (unpaired) electrons. The SMILES string of the molecule is CN(Cc1cnn(-c2ccccc2)c1)C(=O)C1CC2CCCCC2N1. The van der Waals surface area contributed by atoms with Crippen molar-refractivity contribution >= 4 is 5.91 Å². The molecule has 4 rings (SSSR count). The van der Waals surface area contributed by atoms with Gasteiger partial charge >= 0.3 is 0 Å². The minimum atomic E-state index is -0.0118. The number of nitrogens with one attached hydrogen (secondary N) is 1. The zero-order valence-corrected chi connectivity index (χ0v) is 14.8. The normalized spacial score (nSPS) is 25.6. The van der Waals surface area contributed by atoms with Crippen LogP contribution >= 0.6 is 0 Å². The maximum Gasteiger partial charge on any atom is 0.239 e. The number of benzene rings is 1. The van der Waals surface area contributed by atoms with Gasteiger partial charge in [0, 0.05) is 31.4 Å². The van der Waals surface area contributed by atoms with Gasteiger partial charge < -0.3 is 10.2 Å². The fourth-order valence-corrected chi connectivity index (χ4v) is 4.29. The van der Waals surface area contributed by atoms with Crippen LogP contribution in [0.15, 0.2) is 42.7 Å². The molecular formula is C20H26N4O. The Morgan fingerprint density at radius 1 is 1.28 bits per heavy atom. The first kappa shape index (κ1) is 16.3. The minimum Gasteiger partial charge on any atom is -0.340 e. The van der Waals surface area contributed by atoms with Crippen LogP contribution in [0, 0.1) is 5.92 Å². The predicted octanol–water partition coefficient (Wildman–Crippen LogP) is 2.75. The Morgan fingerprint density at radius 2 is 2.08 bits per heavy atom. The summed E-state index contributed by atoms with van der Waals surface area (Å²) in [6, 6.07) is 10.6. The smallest absolute Gasteiger partial charge is 0.239 e. The molecule has 0 spiro atoms. The second-order valence-electron chi connectivity index (χ2n) is 7.43. The summed E-state index contributed by atoms with van der Waals surface area (Å²) >= 11 is 0. The van der Waals surface area contributed by atoms with Crippen molar-refractivity contribution in [2.24, 2.45) is 5.92 Å². The predicted molar refractivity (Wildman–Crippen MR) is 97.3 cm³/mol. The van der Waals surface area contributed by atoms with Gasteiger partial charge in [-0.15, -0.1) is 0 Å². The fraction of sp³-hybridized carbons (Fsp3) is 0.500. The Labute approximate surface area is 149 Å². The van der Waals surface area contributed by atoms with Crippen molar-refractivity contribution in [1.82, 2.24) is 20.0 Å². The van der Waals surface area contributed by atoms with Crippen molar-refractivity contribution in [3.8, 4) is 5.69 Å². The lowest BCUT2D eigenvalue weighted by molar-refractivity contribution is -0.132. The molecule has 1 aliphatic carbocycles. The molecule has 25 heavy (non-hydrogen) atoms. The number of hydrogen-bond acceptors (Lipinski definition) is 3. The summed E-state index contributed by atoms with van der Waals surface area (Å²) in [5, 5.41) is 8.00. The molecule has 132 valence electrons. The van der Waals surface area contributed by atoms with E-state index in [1.807, 2.05) is 59.4 Å². The Hall–Kier alpha value is -2.14. The van der Waals surface area contributed by atoms with Gasteiger partial charge in [0.15, 0.2) is 0 Å². The molecule has 5 nitrogen and oxygen atoms in total. The lowest BCUT2D eigenvalue weighted by Crippen LogP contribution is -2.43. The lowest BCUT2D eigenvalue weighted by atomic mass is 9.85. The van der Waals surface area contributed by atoms with Crippen LogP contribution in [0.3, 0.4) is 0 Å². The molecule has 1 amide bonds. The van der Waals surface area contributed by atoms with E-state index >= 15 is 0 Å². The van der Waals surface area contributed by atoms with Crippen LogP contribution in [-0.4, -0.2) is 39.7 Å². The van der Waals surface area contributed by atoms with Gasteiger partial charge in [0.2, 0.25) is 5.91 Å². The van der Waals surface area contributed by atoms with Gasteiger partial charge in [-0.2, -0.15) is 5.10 Å². The average molecular weight is 338 g/mol. The summed E-state index contributed by atoms with van der Waals surface area (Å²) in [5.74, 6) is 0.902. The van der Waals surface area contributed by atoms with Crippen molar-refractivity contribution in [2.75, 3.05) is 7.05 Å². The second kappa shape index (κ2) is 7.00. The summed E-state index contributed by atoms with van der Waals surface area (Å²) < 4.78 is 1.86. The third-order valence-corrected chi connectivity index (χ3v) is 5.61. The minimum absolute atomic E-state index is 0.0118. The van der Waals surface area contributed by atoms with E-state index in [1.54, 1.807) is 0 Å². The van der Waals surface area contributed by atoms with Crippen molar-refractivity contribution in [3.05, 3.63) is 48.3 Å². The number of likely N-dealkylation sites (N-methyl/N-ethyl adjacent to an activating group) is 1. The molecule has 5 heteroatoms. The number of nitrogens with zero attached hydrogens (tertiary/aromatic N) is 3. The van der Waals surface area contributed by atoms with Gasteiger partial charge in [-0.3, -0.25) is 4.79 Å². The zero-order chi connectivity index (χ0) is 17.2. The number of amides is 1. The quantitative estimate of drug-likeness (QED) is 0.932. The molecule has 1 aromatic carbocycles. The van der Waals surface area contributed by atoms with Crippen molar-refractivity contribution < 1.29 is 4.79 Å². The summed E-state index contributed by atoms with van der Waals surface area (Å²) in [5.41, 5.74) is 2.08. The molecule has 0 bridgehead atoms. The molecule has 1 saturated carbocycles. The van der Waals surface area contributed by atoms with E-state index in [4.69, 9.17) is 0 Å². The van der Waals surface area contributed by atoms with Crippen LogP contribution in [0.5, 0.6) is 0 Å². The van der Waals surface area contributed by atoms with E-state index in [1.165, 1.54) is 25.7 Å². The summed E-state index contributed by atoms with van der Waals surface area (Å²) in [4.78, 5) is 14.6. The number of aromatic nitrogens is 2. The highest BCUT2D eigenvalue weighted by atomic mass is 16.2. The van der Waals surface area contributed by atoms with Gasteiger partial charge in [-0.25, -0.2) is 4.68 Å². The molecule has 1 aliphatic heterocycles. The topological polar surface area (TPSA) is 50.2 Å². The average Bonchev–Trinajstić information content (AvgIpc) is 3.28. The van der Waals surface area contributed by atoms with E-state index in [0.717, 1.165) is 17.7 Å². The fourth-order valence-electron chi connectivity index (χ4n) is 4.29. The van der Waals surface area contributed by atoms with E-state index in [0.29, 0.717) is 18.5 Å². The summed E-state index contributed by atoms with van der Waals surface area (Å²) in [6.45, 7) is 0.596. The first-order valence-corrected chi connectivity index (χ1v) is 9.31. The number of hydrogen-bond donors (Lipinski definition) is 1. The first-order chi connectivity index (χ1) is 12.2. The van der Waals surface area contributed by atoms with Crippen molar-refractivity contribution in [1.29, 1.82) is 0 Å². The van der Waals surface area contributed by atoms with E-state index < -0.39 is 0 Å². The largest absolute Gasteiger partial charge is 0.340 e. The van der Waals surface area contributed by atoms with Gasteiger partial charge in [0.25, 0.3) is 0 Å². The number of rotatable bonds is 4. The Morgan fingerprint density at radius 3 is 2.88 bits per heavy atom. The highest BCUT2D eigenvalue weighted by molar-refractivity contribution is 5.82. The van der Waals surface area contributed by atoms with Gasteiger partial charge in [0.05, 0.1) is 17.9 Å². The van der Waals surface area contributed by atoms with E-state index in [-0.39, 0.29) is 11.9 Å². The molecule has 2 aliphatic rings. The van der Waals surface area contributed by atoms with Crippen LogP contribution in [0.25, 0.3) is 5.69 Å². The third kappa shape index (κ3) is 3.47. The standard InChI is InChI=1S/C20H26N4O/c1-23(20(25)19-11-16-7-5-6-10-18(16)22-19)13-15-12-21-24(14-15)17-8-3-2-4-9-17/h2-4,8-9,12,14,16,18-19,22H,5-7,10-11,13H2,1H3. The summed E-state index contributed by atoms with van der Waals surface area (Å²) in [6.07, 6.45) is 9.95. The second-order valence-corrected chi connectivity index (χ2v) is 7.43. The molecule has 3 unspecified atom stereocenters. The molecule has 1 N–H and O–H groups in total. The van der Waals surface area contributed by atoms with Gasteiger partial charge in [-0.05, 0) is 37.3 Å². The van der Waals surface area contributed by atoms with Crippen LogP contribution in [-0.2, 0) is 11.3 Å². The van der Waals surface area contributed by atoms with Gasteiger partial charge in [-0.1, -0.05) is 31.0 Å². The van der Waals surface area contributed by atoms with Crippen molar-refractivity contribution in [3.63, 3.8) is 0 Å². The highest BCUT2D eigenvalue weighted by Crippen LogP contribution is 2.33. The zero-order valence-electron chi connectivity index (χ0n) is 14.8. The number of carbonyl (C=O) groups is 1. The Balaban J connectivity index is 1.38. The highest BCUT2D eigenvalue weighted by Gasteiger charge is 2.39. The number of fused-ring (bicyclic) bond motifs is 1. The van der Waals surface area contributed by atoms with Crippen LogP contribution in [0.1, 0.15) is 37.7 Å². The lowest BCUT2D eigenvalue weighted by Gasteiger charge is -2.24. The molecule has 1 aromatic heterocycles. The van der Waals surface area contributed by atoms with Crippen LogP contribution in [0.4, 0.5) is 0 Å². The molecule has 2 fully saturated rings. The number of carbonyl (C=O) groups excluding carboxylic acids is 1. The van der Waals surface area contributed by atoms with Crippen LogP contribution < -0.4 is 5.32 Å². The maximum absolute atomic E-state index is 12.8. The third-order valence-electron chi connectivity index (χ3n) is 5.61. The van der Waals surface area contributed by atoms with Crippen molar-refractivity contribution in [2.45, 2.75) is 50.7 Å². The Bertz CT molecular complexity index is 712. The molecular weight excluding hydrogens is 312 g/mol. The first-order valence-electron chi connectivity index (χ1n) is 9.31. The molecule has 1 saturated heterocycles. The molecule has 2 aromatic rings. The molecule has 3 atom stereocenters. The van der Waals surface area contributed by atoms with E-state index in [9.17, 15) is 4.79 Å². The monoisotopic (exact) mass is 338 g/mol. The summed E-state index contributed by atoms with van der Waals surface area (Å²) in [7, 11) is 1.89.